The van der Waals surface area contributed by atoms with Crippen LogP contribution in [0.4, 0.5) is 0 Å². The number of rotatable bonds is 5. The zero-order valence-electron chi connectivity index (χ0n) is 17.2. The summed E-state index contributed by atoms with van der Waals surface area (Å²) >= 11 is 1.39. The molecule has 11 nitrogen and oxygen atoms in total. The number of nitrogens with zero attached hydrogens (tertiary/aromatic N) is 9. The van der Waals surface area contributed by atoms with Crippen LogP contribution in [0.5, 0.6) is 0 Å². The van der Waals surface area contributed by atoms with Crippen LogP contribution in [-0.2, 0) is 12.3 Å². The van der Waals surface area contributed by atoms with Crippen molar-refractivity contribution in [2.45, 2.75) is 38.2 Å². The van der Waals surface area contributed by atoms with Gasteiger partial charge in [0.15, 0.2) is 0 Å². The van der Waals surface area contributed by atoms with Gasteiger partial charge >= 0.3 is 0 Å². The van der Waals surface area contributed by atoms with E-state index >= 15 is 0 Å². The van der Waals surface area contributed by atoms with Crippen molar-refractivity contribution in [3.8, 4) is 5.95 Å². The summed E-state index contributed by atoms with van der Waals surface area (Å²) < 4.78 is 6.60. The first kappa shape index (κ1) is 19.3. The van der Waals surface area contributed by atoms with Gasteiger partial charge in [-0.05, 0) is 39.0 Å². The maximum Gasteiger partial charge on any atom is 0.271 e. The SMILES string of the molecule is CCn1c(=O)c2ccccc2n2c(CSc3nnc(-n4nc(C)cc4C)n3N)nnc12. The maximum absolute atomic E-state index is 12.8. The molecule has 0 unspecified atom stereocenters. The predicted molar refractivity (Wildman–Crippen MR) is 117 cm³/mol. The lowest BCUT2D eigenvalue weighted by Crippen LogP contribution is -2.22. The lowest BCUT2D eigenvalue weighted by atomic mass is 10.2. The van der Waals surface area contributed by atoms with E-state index in [1.54, 1.807) is 9.25 Å². The fourth-order valence-electron chi connectivity index (χ4n) is 3.67. The number of aromatic nitrogens is 9. The second-order valence-electron chi connectivity index (χ2n) is 7.10. The molecular weight excluding hydrogens is 416 g/mol. The molecule has 0 bridgehead atoms. The third kappa shape index (κ3) is 2.98. The van der Waals surface area contributed by atoms with Crippen molar-refractivity contribution in [1.82, 2.24) is 43.8 Å². The third-order valence-corrected chi connectivity index (χ3v) is 6.01. The van der Waals surface area contributed by atoms with Gasteiger partial charge < -0.3 is 5.84 Å². The van der Waals surface area contributed by atoms with Gasteiger partial charge in [0.05, 0.1) is 22.3 Å². The second-order valence-corrected chi connectivity index (χ2v) is 8.04. The molecule has 0 radical (unpaired) electrons. The lowest BCUT2D eigenvalue weighted by molar-refractivity contribution is 0.726. The van der Waals surface area contributed by atoms with Crippen LogP contribution in [0.3, 0.4) is 0 Å². The lowest BCUT2D eigenvalue weighted by Gasteiger charge is -2.09. The molecule has 0 fully saturated rings. The number of benzene rings is 1. The Hall–Kier alpha value is -3.67. The Morgan fingerprint density at radius 2 is 1.90 bits per heavy atom. The smallest absolute Gasteiger partial charge is 0.271 e. The molecule has 0 aliphatic carbocycles. The summed E-state index contributed by atoms with van der Waals surface area (Å²) in [6.45, 7) is 6.26. The van der Waals surface area contributed by atoms with Crippen molar-refractivity contribution in [3.05, 3.63) is 57.9 Å². The largest absolute Gasteiger partial charge is 0.334 e. The van der Waals surface area contributed by atoms with Crippen LogP contribution in [0.1, 0.15) is 24.1 Å². The summed E-state index contributed by atoms with van der Waals surface area (Å²) in [6, 6.07) is 9.41. The van der Waals surface area contributed by atoms with Gasteiger partial charge in [-0.3, -0.25) is 13.8 Å². The van der Waals surface area contributed by atoms with E-state index in [1.807, 2.05) is 55.5 Å². The predicted octanol–water partition coefficient (Wildman–Crippen LogP) is 1.46. The van der Waals surface area contributed by atoms with Gasteiger partial charge in [-0.15, -0.1) is 20.4 Å². The molecule has 12 heteroatoms. The highest BCUT2D eigenvalue weighted by Crippen LogP contribution is 2.23. The van der Waals surface area contributed by atoms with Crippen molar-refractivity contribution in [3.63, 3.8) is 0 Å². The van der Waals surface area contributed by atoms with Gasteiger partial charge in [-0.1, -0.05) is 23.9 Å². The van der Waals surface area contributed by atoms with Crippen molar-refractivity contribution >= 4 is 28.4 Å². The van der Waals surface area contributed by atoms with Crippen LogP contribution < -0.4 is 11.4 Å². The Bertz CT molecular complexity index is 1490. The first-order chi connectivity index (χ1) is 15.0. The van der Waals surface area contributed by atoms with E-state index in [0.717, 1.165) is 16.9 Å². The quantitative estimate of drug-likeness (QED) is 0.324. The fourth-order valence-corrected chi connectivity index (χ4v) is 4.43. The molecule has 2 N–H and O–H groups in total. The summed E-state index contributed by atoms with van der Waals surface area (Å²) in [7, 11) is 0. The Labute approximate surface area is 180 Å². The molecule has 158 valence electrons. The number of hydrogen-bond donors (Lipinski definition) is 1. The van der Waals surface area contributed by atoms with Crippen molar-refractivity contribution in [1.29, 1.82) is 0 Å². The van der Waals surface area contributed by atoms with Gasteiger partial charge in [0, 0.05) is 12.2 Å². The summed E-state index contributed by atoms with van der Waals surface area (Å²) in [5.41, 5.74) is 2.48. The minimum Gasteiger partial charge on any atom is -0.334 e. The minimum absolute atomic E-state index is 0.0755. The monoisotopic (exact) mass is 436 g/mol. The topological polar surface area (TPSA) is 127 Å². The molecule has 4 aromatic heterocycles. The second kappa shape index (κ2) is 7.23. The molecule has 1 aromatic carbocycles. The van der Waals surface area contributed by atoms with Crippen molar-refractivity contribution < 1.29 is 0 Å². The average molecular weight is 437 g/mol. The number of para-hydroxylation sites is 1. The summed E-state index contributed by atoms with van der Waals surface area (Å²) in [4.78, 5) is 12.8. The molecule has 5 rings (SSSR count). The van der Waals surface area contributed by atoms with Gasteiger partial charge in [0.2, 0.25) is 10.9 Å². The highest BCUT2D eigenvalue weighted by molar-refractivity contribution is 7.98. The minimum atomic E-state index is -0.0755. The van der Waals surface area contributed by atoms with Gasteiger partial charge in [0.25, 0.3) is 11.5 Å². The summed E-state index contributed by atoms with van der Waals surface area (Å²) in [5, 5.41) is 22.6. The zero-order valence-corrected chi connectivity index (χ0v) is 18.0. The van der Waals surface area contributed by atoms with E-state index in [-0.39, 0.29) is 5.56 Å². The normalized spacial score (nSPS) is 11.7. The molecule has 4 heterocycles. The molecule has 31 heavy (non-hydrogen) atoms. The molecule has 0 aliphatic heterocycles. The highest BCUT2D eigenvalue weighted by Gasteiger charge is 2.18. The Morgan fingerprint density at radius 3 is 2.65 bits per heavy atom. The van der Waals surface area contributed by atoms with Crippen molar-refractivity contribution in [2.75, 3.05) is 5.84 Å². The van der Waals surface area contributed by atoms with Gasteiger partial charge in [-0.25, -0.2) is 9.36 Å². The molecular formula is C19H20N10OS. The van der Waals surface area contributed by atoms with Crippen LogP contribution in [0, 0.1) is 13.8 Å². The number of nitrogens with two attached hydrogens (primary N) is 1. The Balaban J connectivity index is 1.54. The van der Waals surface area contributed by atoms with Crippen LogP contribution in [0.25, 0.3) is 22.6 Å². The van der Waals surface area contributed by atoms with E-state index in [2.05, 4.69) is 25.5 Å². The van der Waals surface area contributed by atoms with Crippen molar-refractivity contribution in [2.24, 2.45) is 0 Å². The molecule has 0 spiro atoms. The summed E-state index contributed by atoms with van der Waals surface area (Å²) in [6.07, 6.45) is 0. The standard InChI is InChI=1S/C19H20N10OS/c1-4-26-16(30)13-7-5-6-8-14(13)27-15(21-22-17(26)27)10-31-19-24-23-18(28(19)20)29-12(3)9-11(2)25-29/h5-9H,4,10,20H2,1-3H3. The average Bonchev–Trinajstić information content (AvgIpc) is 3.44. The van der Waals surface area contributed by atoms with Crippen LogP contribution >= 0.6 is 11.8 Å². The summed E-state index contributed by atoms with van der Waals surface area (Å²) in [5.74, 6) is 8.32. The number of aryl methyl sites for hydroxylation is 3. The third-order valence-electron chi connectivity index (χ3n) is 5.07. The molecule has 5 aromatic rings. The first-order valence-corrected chi connectivity index (χ1v) is 10.7. The van der Waals surface area contributed by atoms with E-state index in [4.69, 9.17) is 5.84 Å². The zero-order chi connectivity index (χ0) is 21.7. The maximum atomic E-state index is 12.8. The van der Waals surface area contributed by atoms with E-state index in [1.165, 1.54) is 16.4 Å². The number of fused-ring (bicyclic) bond motifs is 3. The number of thioether (sulfide) groups is 1. The van der Waals surface area contributed by atoms with E-state index < -0.39 is 0 Å². The molecule has 0 aliphatic rings. The Morgan fingerprint density at radius 1 is 1.10 bits per heavy atom. The van der Waals surface area contributed by atoms with Crippen LogP contribution in [0.15, 0.2) is 40.3 Å². The first-order valence-electron chi connectivity index (χ1n) is 9.72. The molecule has 0 amide bonds. The highest BCUT2D eigenvalue weighted by atomic mass is 32.2. The number of hydrogen-bond acceptors (Lipinski definition) is 8. The fraction of sp³-hybridized carbons (Fsp3) is 0.263. The van der Waals surface area contributed by atoms with E-state index in [9.17, 15) is 4.79 Å². The van der Waals surface area contributed by atoms with Crippen LogP contribution in [0.2, 0.25) is 0 Å². The molecule has 0 saturated carbocycles. The van der Waals surface area contributed by atoms with Crippen LogP contribution in [-0.4, -0.2) is 43.8 Å². The molecule has 0 atom stereocenters. The molecule has 0 saturated heterocycles. The van der Waals surface area contributed by atoms with Gasteiger partial charge in [-0.2, -0.15) is 5.10 Å². The van der Waals surface area contributed by atoms with E-state index in [0.29, 0.717) is 40.4 Å². The number of nitrogen functional groups attached to an aromatic ring is 1. The van der Waals surface area contributed by atoms with Gasteiger partial charge in [0.1, 0.15) is 5.82 Å². The Kier molecular flexibility index (Phi) is 4.50.